The maximum atomic E-state index is 12.7. The first-order valence-corrected chi connectivity index (χ1v) is 11.4. The van der Waals surface area contributed by atoms with Gasteiger partial charge in [-0.25, -0.2) is 4.79 Å². The van der Waals surface area contributed by atoms with Crippen molar-refractivity contribution in [1.29, 1.82) is 0 Å². The molecule has 9 nitrogen and oxygen atoms in total. The van der Waals surface area contributed by atoms with E-state index in [4.69, 9.17) is 19.9 Å². The minimum Gasteiger partial charge on any atom is -0.508 e. The Hall–Kier alpha value is -4.18. The van der Waals surface area contributed by atoms with Crippen molar-refractivity contribution in [3.8, 4) is 17.2 Å². The Morgan fingerprint density at radius 3 is 2.71 bits per heavy atom. The number of hydrogen-bond donors (Lipinski definition) is 4. The van der Waals surface area contributed by atoms with Crippen molar-refractivity contribution in [1.82, 2.24) is 0 Å². The summed E-state index contributed by atoms with van der Waals surface area (Å²) in [5.41, 5.74) is 7.60. The quantitative estimate of drug-likeness (QED) is 0.235. The van der Waals surface area contributed by atoms with Crippen molar-refractivity contribution >= 4 is 45.0 Å². The van der Waals surface area contributed by atoms with Gasteiger partial charge in [-0.15, -0.1) is 0 Å². The number of hydrogen-bond acceptors (Lipinski definition) is 7. The number of anilines is 3. The summed E-state index contributed by atoms with van der Waals surface area (Å²) < 4.78 is 16.9. The summed E-state index contributed by atoms with van der Waals surface area (Å²) in [6.07, 6.45) is 1.35. The van der Waals surface area contributed by atoms with Gasteiger partial charge in [0.25, 0.3) is 0 Å². The third kappa shape index (κ3) is 6.24. The minimum absolute atomic E-state index is 0.0519. The molecule has 180 valence electrons. The first kappa shape index (κ1) is 24.0. The number of benzene rings is 3. The number of nitrogen functional groups attached to an aromatic ring is 1. The molecular weight excluding hydrogens is 518 g/mol. The third-order valence-corrected chi connectivity index (χ3v) is 5.54. The predicted molar refractivity (Wildman–Crippen MR) is 134 cm³/mol. The van der Waals surface area contributed by atoms with E-state index in [1.54, 1.807) is 60.7 Å². The van der Waals surface area contributed by atoms with E-state index >= 15 is 0 Å². The average molecular weight is 540 g/mol. The zero-order valence-corrected chi connectivity index (χ0v) is 19.9. The number of fused-ring (bicyclic) bond motifs is 1. The highest BCUT2D eigenvalue weighted by atomic mass is 79.9. The fourth-order valence-corrected chi connectivity index (χ4v) is 3.74. The van der Waals surface area contributed by atoms with Crippen LogP contribution in [0.4, 0.5) is 21.9 Å². The fourth-order valence-electron chi connectivity index (χ4n) is 3.36. The molecule has 1 aliphatic rings. The molecule has 0 aliphatic carbocycles. The molecule has 1 heterocycles. The van der Waals surface area contributed by atoms with Crippen LogP contribution in [-0.2, 0) is 9.53 Å². The van der Waals surface area contributed by atoms with Crippen LogP contribution in [0, 0.1) is 0 Å². The summed E-state index contributed by atoms with van der Waals surface area (Å²) in [4.78, 5) is 25.0. The van der Waals surface area contributed by atoms with Gasteiger partial charge in [0.05, 0.1) is 11.4 Å². The summed E-state index contributed by atoms with van der Waals surface area (Å²) in [7, 11) is 0. The Kier molecular flexibility index (Phi) is 7.41. The van der Waals surface area contributed by atoms with E-state index in [1.165, 1.54) is 12.1 Å². The van der Waals surface area contributed by atoms with Crippen molar-refractivity contribution in [3.05, 3.63) is 82.9 Å². The Bertz CT molecular complexity index is 1280. The predicted octanol–water partition coefficient (Wildman–Crippen LogP) is 5.34. The van der Waals surface area contributed by atoms with Crippen LogP contribution in [-0.4, -0.2) is 23.9 Å². The number of nitrogens with one attached hydrogen (secondary N) is 2. The van der Waals surface area contributed by atoms with Crippen molar-refractivity contribution < 1.29 is 28.9 Å². The maximum Gasteiger partial charge on any atom is 0.412 e. The van der Waals surface area contributed by atoms with E-state index in [9.17, 15) is 14.7 Å². The highest BCUT2D eigenvalue weighted by Crippen LogP contribution is 2.35. The molecule has 2 amide bonds. The first-order valence-electron chi connectivity index (χ1n) is 10.6. The number of carbonyl (C=O) groups excluding carboxylic acids is 2. The monoisotopic (exact) mass is 539 g/mol. The van der Waals surface area contributed by atoms with Crippen LogP contribution in [0.15, 0.2) is 77.3 Å². The number of halogens is 1. The van der Waals surface area contributed by atoms with E-state index in [0.29, 0.717) is 38.6 Å². The van der Waals surface area contributed by atoms with Crippen molar-refractivity contribution in [2.75, 3.05) is 23.2 Å². The second-order valence-corrected chi connectivity index (χ2v) is 8.42. The summed E-state index contributed by atoms with van der Waals surface area (Å²) in [5.74, 6) is 0.646. The van der Waals surface area contributed by atoms with Gasteiger partial charge in [-0.2, -0.15) is 0 Å². The number of amides is 2. The van der Waals surface area contributed by atoms with Gasteiger partial charge in [-0.05, 0) is 48.5 Å². The number of phenols is 1. The summed E-state index contributed by atoms with van der Waals surface area (Å²) in [6.45, 7) is 0.115. The summed E-state index contributed by atoms with van der Waals surface area (Å²) >= 11 is 3.36. The van der Waals surface area contributed by atoms with Gasteiger partial charge in [0.15, 0.2) is 11.5 Å². The molecule has 0 spiro atoms. The molecule has 0 fully saturated rings. The lowest BCUT2D eigenvalue weighted by Gasteiger charge is -2.19. The standard InChI is InChI=1S/C25H22BrN3O6/c26-15-8-10-20(30)17(12-15)21(6-3-7-24(31)29-19-5-2-1-4-18(19)27)35-25(32)28-16-9-11-22-23(13-16)34-14-33-22/h1-5,7-13,21,30H,6,14,27H2,(H,28,32)(H,29,31)/b7-3+/t21-/m0/s1. The molecule has 35 heavy (non-hydrogen) atoms. The lowest BCUT2D eigenvalue weighted by molar-refractivity contribution is -0.111. The van der Waals surface area contributed by atoms with Gasteiger partial charge in [0, 0.05) is 28.2 Å². The SMILES string of the molecule is Nc1ccccc1NC(=O)/C=C/C[C@H](OC(=O)Nc1ccc2c(c1)OCO2)c1cc(Br)ccc1O. The molecule has 10 heteroatoms. The van der Waals surface area contributed by atoms with Gasteiger partial charge in [-0.1, -0.05) is 34.1 Å². The Labute approximate surface area is 209 Å². The number of ether oxygens (including phenoxy) is 3. The normalized spacial score (nSPS) is 12.8. The molecule has 0 saturated carbocycles. The molecule has 3 aromatic carbocycles. The molecule has 0 unspecified atom stereocenters. The van der Waals surface area contributed by atoms with E-state index in [0.717, 1.165) is 0 Å². The Morgan fingerprint density at radius 1 is 1.09 bits per heavy atom. The number of para-hydroxylation sites is 2. The molecule has 0 bridgehead atoms. The van der Waals surface area contributed by atoms with E-state index in [1.807, 2.05) is 0 Å². The largest absolute Gasteiger partial charge is 0.508 e. The van der Waals surface area contributed by atoms with Gasteiger partial charge in [0.2, 0.25) is 12.7 Å². The lowest BCUT2D eigenvalue weighted by Crippen LogP contribution is -2.17. The minimum atomic E-state index is -0.882. The first-order chi connectivity index (χ1) is 16.9. The molecule has 1 atom stereocenters. The average Bonchev–Trinajstić information content (AvgIpc) is 3.29. The van der Waals surface area contributed by atoms with Gasteiger partial charge < -0.3 is 30.4 Å². The highest BCUT2D eigenvalue weighted by molar-refractivity contribution is 9.10. The summed E-state index contributed by atoms with van der Waals surface area (Å²) in [5, 5.41) is 15.7. The molecule has 3 aromatic rings. The Morgan fingerprint density at radius 2 is 1.89 bits per heavy atom. The van der Waals surface area contributed by atoms with Gasteiger partial charge in [-0.3, -0.25) is 10.1 Å². The number of nitrogens with two attached hydrogens (primary N) is 1. The smallest absolute Gasteiger partial charge is 0.412 e. The van der Waals surface area contributed by atoms with Crippen LogP contribution in [0.1, 0.15) is 18.1 Å². The number of aromatic hydroxyl groups is 1. The van der Waals surface area contributed by atoms with Gasteiger partial charge in [0.1, 0.15) is 11.9 Å². The zero-order chi connectivity index (χ0) is 24.8. The molecule has 0 saturated heterocycles. The molecule has 1 aliphatic heterocycles. The van der Waals surface area contributed by atoms with Crippen molar-refractivity contribution in [2.24, 2.45) is 0 Å². The molecule has 4 rings (SSSR count). The third-order valence-electron chi connectivity index (χ3n) is 5.04. The summed E-state index contributed by atoms with van der Waals surface area (Å²) in [6, 6.07) is 16.6. The molecule has 5 N–H and O–H groups in total. The van der Waals surface area contributed by atoms with Crippen LogP contribution in [0.2, 0.25) is 0 Å². The van der Waals surface area contributed by atoms with Crippen molar-refractivity contribution in [2.45, 2.75) is 12.5 Å². The second-order valence-electron chi connectivity index (χ2n) is 7.50. The van der Waals surface area contributed by atoms with E-state index in [2.05, 4.69) is 26.6 Å². The number of rotatable bonds is 7. The van der Waals surface area contributed by atoms with Crippen LogP contribution in [0.25, 0.3) is 0 Å². The lowest BCUT2D eigenvalue weighted by atomic mass is 10.0. The second kappa shape index (κ2) is 10.8. The van der Waals surface area contributed by atoms with Crippen LogP contribution >= 0.6 is 15.9 Å². The topological polar surface area (TPSA) is 132 Å². The molecule has 0 aromatic heterocycles. The van der Waals surface area contributed by atoms with E-state index in [-0.39, 0.29) is 19.0 Å². The highest BCUT2D eigenvalue weighted by Gasteiger charge is 2.21. The molecule has 0 radical (unpaired) electrons. The fraction of sp³-hybridized carbons (Fsp3) is 0.120. The van der Waals surface area contributed by atoms with Crippen LogP contribution in [0.3, 0.4) is 0 Å². The molecular formula is C25H22BrN3O6. The van der Waals surface area contributed by atoms with Crippen molar-refractivity contribution in [3.63, 3.8) is 0 Å². The maximum absolute atomic E-state index is 12.7. The zero-order valence-electron chi connectivity index (χ0n) is 18.4. The Balaban J connectivity index is 1.45. The van der Waals surface area contributed by atoms with E-state index < -0.39 is 18.1 Å². The van der Waals surface area contributed by atoms with Gasteiger partial charge >= 0.3 is 6.09 Å². The van der Waals surface area contributed by atoms with Crippen LogP contribution < -0.4 is 25.8 Å². The number of carbonyl (C=O) groups is 2. The number of phenolic OH excluding ortho intramolecular Hbond substituents is 1. The van der Waals surface area contributed by atoms with Crippen LogP contribution in [0.5, 0.6) is 17.2 Å².